The van der Waals surface area contributed by atoms with Gasteiger partial charge in [-0.15, -0.1) is 0 Å². The lowest BCUT2D eigenvalue weighted by Crippen LogP contribution is -2.44. The Kier molecular flexibility index (Phi) is 6.16. The summed E-state index contributed by atoms with van der Waals surface area (Å²) in [4.78, 5) is 18.0. The van der Waals surface area contributed by atoms with E-state index in [1.807, 2.05) is 32.9 Å². The van der Waals surface area contributed by atoms with Crippen molar-refractivity contribution in [3.63, 3.8) is 0 Å². The van der Waals surface area contributed by atoms with Gasteiger partial charge in [-0.1, -0.05) is 6.07 Å². The van der Waals surface area contributed by atoms with Gasteiger partial charge in [0.25, 0.3) is 0 Å². The number of aromatic nitrogens is 1. The molecule has 1 aromatic heterocycles. The highest BCUT2D eigenvalue weighted by Crippen LogP contribution is 2.20. The van der Waals surface area contributed by atoms with E-state index in [2.05, 4.69) is 4.98 Å². The van der Waals surface area contributed by atoms with Gasteiger partial charge in [-0.3, -0.25) is 9.19 Å². The van der Waals surface area contributed by atoms with Crippen LogP contribution in [0, 0.1) is 5.92 Å². The molecule has 6 heteroatoms. The highest BCUT2D eigenvalue weighted by atomic mass is 32.2. The van der Waals surface area contributed by atoms with E-state index in [1.54, 1.807) is 17.3 Å². The monoisotopic (exact) mass is 338 g/mol. The first kappa shape index (κ1) is 17.9. The average Bonchev–Trinajstić information content (AvgIpc) is 2.46. The summed E-state index contributed by atoms with van der Waals surface area (Å²) in [5.41, 5.74) is 0.512. The summed E-state index contributed by atoms with van der Waals surface area (Å²) < 4.78 is 17.8. The Morgan fingerprint density at radius 1 is 1.48 bits per heavy atom. The molecule has 128 valence electrons. The minimum absolute atomic E-state index is 0.264. The zero-order valence-corrected chi connectivity index (χ0v) is 15.0. The van der Waals surface area contributed by atoms with Crippen LogP contribution in [0.25, 0.3) is 0 Å². The fraction of sp³-hybridized carbons (Fsp3) is 0.647. The number of rotatable bonds is 4. The molecule has 1 aliphatic heterocycles. The number of ether oxygens (including phenoxy) is 1. The number of pyridine rings is 1. The molecule has 0 radical (unpaired) electrons. The SMILES string of the molecule is CC(C)(C)OC(=O)N1CCCC(CS(=O)Cc2cccnc2)C1. The van der Waals surface area contributed by atoms with Gasteiger partial charge >= 0.3 is 6.09 Å². The van der Waals surface area contributed by atoms with Gasteiger partial charge in [0.15, 0.2) is 0 Å². The van der Waals surface area contributed by atoms with Gasteiger partial charge in [0.1, 0.15) is 5.60 Å². The summed E-state index contributed by atoms with van der Waals surface area (Å²) in [7, 11) is -0.935. The third kappa shape index (κ3) is 6.29. The van der Waals surface area contributed by atoms with E-state index in [4.69, 9.17) is 4.74 Å². The molecule has 0 aliphatic carbocycles. The Hall–Kier alpha value is -1.43. The number of hydrogen-bond acceptors (Lipinski definition) is 4. The van der Waals surface area contributed by atoms with Gasteiger partial charge in [0, 0.05) is 42.0 Å². The molecule has 1 fully saturated rings. The summed E-state index contributed by atoms with van der Waals surface area (Å²) in [6.07, 6.45) is 5.16. The first-order chi connectivity index (χ1) is 10.8. The third-order valence-corrected chi connectivity index (χ3v) is 5.14. The Bertz CT molecular complexity index is 543. The largest absolute Gasteiger partial charge is 0.444 e. The molecule has 0 saturated carbocycles. The van der Waals surface area contributed by atoms with Gasteiger partial charge < -0.3 is 9.64 Å². The van der Waals surface area contributed by atoms with E-state index >= 15 is 0 Å². The average molecular weight is 338 g/mol. The fourth-order valence-corrected chi connectivity index (χ4v) is 4.14. The van der Waals surface area contributed by atoms with Crippen LogP contribution in [0.1, 0.15) is 39.2 Å². The number of piperidine rings is 1. The number of carbonyl (C=O) groups excluding carboxylic acids is 1. The summed E-state index contributed by atoms with van der Waals surface area (Å²) in [6, 6.07) is 3.80. The molecule has 23 heavy (non-hydrogen) atoms. The highest BCUT2D eigenvalue weighted by molar-refractivity contribution is 7.84. The fourth-order valence-electron chi connectivity index (χ4n) is 2.68. The molecule has 5 nitrogen and oxygen atoms in total. The molecule has 2 heterocycles. The molecule has 2 rings (SSSR count). The quantitative estimate of drug-likeness (QED) is 0.847. The predicted molar refractivity (Wildman–Crippen MR) is 91.5 cm³/mol. The Labute approximate surface area is 140 Å². The van der Waals surface area contributed by atoms with Crippen LogP contribution in [-0.2, 0) is 21.3 Å². The van der Waals surface area contributed by atoms with Crippen molar-refractivity contribution in [3.8, 4) is 0 Å². The Morgan fingerprint density at radius 2 is 2.26 bits per heavy atom. The van der Waals surface area contributed by atoms with Crippen LogP contribution in [0.2, 0.25) is 0 Å². The van der Waals surface area contributed by atoms with Gasteiger partial charge in [0.2, 0.25) is 0 Å². The lowest BCUT2D eigenvalue weighted by atomic mass is 10.0. The molecule has 0 bridgehead atoms. The molecule has 1 aromatic rings. The van der Waals surface area contributed by atoms with Crippen LogP contribution >= 0.6 is 0 Å². The smallest absolute Gasteiger partial charge is 0.410 e. The van der Waals surface area contributed by atoms with Gasteiger partial charge in [0.05, 0.1) is 5.75 Å². The summed E-state index contributed by atoms with van der Waals surface area (Å²) in [5.74, 6) is 1.42. The summed E-state index contributed by atoms with van der Waals surface area (Å²) in [5, 5.41) is 0. The number of amides is 1. The van der Waals surface area contributed by atoms with Crippen molar-refractivity contribution < 1.29 is 13.7 Å². The predicted octanol–water partition coefficient (Wildman–Crippen LogP) is 2.98. The van der Waals surface area contributed by atoms with Gasteiger partial charge in [-0.25, -0.2) is 4.79 Å². The van der Waals surface area contributed by atoms with E-state index < -0.39 is 16.4 Å². The standard InChI is InChI=1S/C17H26N2O3S/c1-17(2,3)22-16(20)19-9-5-7-15(11-19)13-23(21)12-14-6-4-8-18-10-14/h4,6,8,10,15H,5,7,9,11-13H2,1-3H3. The van der Waals surface area contributed by atoms with Gasteiger partial charge in [-0.05, 0) is 51.2 Å². The molecule has 0 N–H and O–H groups in total. The molecular formula is C17H26N2O3S. The molecule has 2 atom stereocenters. The molecule has 1 saturated heterocycles. The first-order valence-electron chi connectivity index (χ1n) is 8.05. The lowest BCUT2D eigenvalue weighted by molar-refractivity contribution is 0.0176. The maximum Gasteiger partial charge on any atom is 0.410 e. The number of hydrogen-bond donors (Lipinski definition) is 0. The second kappa shape index (κ2) is 7.90. The number of likely N-dealkylation sites (tertiary alicyclic amines) is 1. The van der Waals surface area contributed by atoms with Gasteiger partial charge in [-0.2, -0.15) is 0 Å². The summed E-state index contributed by atoms with van der Waals surface area (Å²) in [6.45, 7) is 6.97. The summed E-state index contributed by atoms with van der Waals surface area (Å²) >= 11 is 0. The zero-order chi connectivity index (χ0) is 16.9. The maximum absolute atomic E-state index is 12.3. The minimum atomic E-state index is -0.935. The lowest BCUT2D eigenvalue weighted by Gasteiger charge is -2.34. The molecule has 1 amide bonds. The Morgan fingerprint density at radius 3 is 2.91 bits per heavy atom. The highest BCUT2D eigenvalue weighted by Gasteiger charge is 2.28. The second-order valence-corrected chi connectivity index (χ2v) is 8.55. The van der Waals surface area contributed by atoms with Crippen LogP contribution in [0.5, 0.6) is 0 Å². The molecule has 2 unspecified atom stereocenters. The topological polar surface area (TPSA) is 59.5 Å². The van der Waals surface area contributed by atoms with Crippen molar-refractivity contribution in [1.29, 1.82) is 0 Å². The van der Waals surface area contributed by atoms with Crippen molar-refractivity contribution in [3.05, 3.63) is 30.1 Å². The van der Waals surface area contributed by atoms with E-state index in [1.165, 1.54) is 0 Å². The van der Waals surface area contributed by atoms with E-state index in [-0.39, 0.29) is 12.0 Å². The van der Waals surface area contributed by atoms with E-state index in [9.17, 15) is 9.00 Å². The molecular weight excluding hydrogens is 312 g/mol. The normalized spacial score (nSPS) is 20.1. The van der Waals surface area contributed by atoms with E-state index in [0.717, 1.165) is 24.9 Å². The van der Waals surface area contributed by atoms with E-state index in [0.29, 0.717) is 18.1 Å². The zero-order valence-electron chi connectivity index (χ0n) is 14.2. The van der Waals surface area contributed by atoms with Crippen molar-refractivity contribution >= 4 is 16.9 Å². The van der Waals surface area contributed by atoms with Crippen LogP contribution in [0.4, 0.5) is 4.79 Å². The molecule has 1 aliphatic rings. The van der Waals surface area contributed by atoms with Crippen LogP contribution < -0.4 is 0 Å². The van der Waals surface area contributed by atoms with Crippen molar-refractivity contribution in [2.75, 3.05) is 18.8 Å². The minimum Gasteiger partial charge on any atom is -0.444 e. The third-order valence-electron chi connectivity index (χ3n) is 3.64. The van der Waals surface area contributed by atoms with Crippen molar-refractivity contribution in [2.24, 2.45) is 5.92 Å². The van der Waals surface area contributed by atoms with Crippen molar-refractivity contribution in [1.82, 2.24) is 9.88 Å². The Balaban J connectivity index is 1.84. The number of nitrogens with zero attached hydrogens (tertiary/aromatic N) is 2. The van der Waals surface area contributed by atoms with Crippen LogP contribution in [-0.4, -0.2) is 44.6 Å². The van der Waals surface area contributed by atoms with Crippen LogP contribution in [0.15, 0.2) is 24.5 Å². The van der Waals surface area contributed by atoms with Crippen molar-refractivity contribution in [2.45, 2.75) is 45.0 Å². The second-order valence-electron chi connectivity index (χ2n) is 7.05. The molecule has 0 spiro atoms. The number of carbonyl (C=O) groups is 1. The first-order valence-corrected chi connectivity index (χ1v) is 9.54. The van der Waals surface area contributed by atoms with Crippen LogP contribution in [0.3, 0.4) is 0 Å². The maximum atomic E-state index is 12.3. The molecule has 0 aromatic carbocycles.